The van der Waals surface area contributed by atoms with Crippen LogP contribution in [0.25, 0.3) is 11.0 Å². The zero-order chi connectivity index (χ0) is 18.8. The van der Waals surface area contributed by atoms with Gasteiger partial charge in [-0.25, -0.2) is 4.79 Å². The molecule has 1 aliphatic carbocycles. The van der Waals surface area contributed by atoms with Gasteiger partial charge >= 0.3 is 5.63 Å². The molecule has 1 aromatic heterocycles. The minimum atomic E-state index is -0.388. The number of allylic oxidation sites excluding steroid dienone is 1. The summed E-state index contributed by atoms with van der Waals surface area (Å²) in [6, 6.07) is 1.90. The predicted molar refractivity (Wildman–Crippen MR) is 102 cm³/mol. The van der Waals surface area contributed by atoms with Gasteiger partial charge in [-0.3, -0.25) is 4.79 Å². The quantitative estimate of drug-likeness (QED) is 0.504. The van der Waals surface area contributed by atoms with Gasteiger partial charge in [0.2, 0.25) is 0 Å². The van der Waals surface area contributed by atoms with Crippen LogP contribution in [0.3, 0.4) is 0 Å². The molecule has 0 amide bonds. The van der Waals surface area contributed by atoms with Gasteiger partial charge in [0.05, 0.1) is 0 Å². The second-order valence-electron chi connectivity index (χ2n) is 7.08. The maximum Gasteiger partial charge on any atom is 0.339 e. The van der Waals surface area contributed by atoms with Gasteiger partial charge in [0.15, 0.2) is 11.4 Å². The molecule has 0 saturated carbocycles. The Hall–Kier alpha value is -2.56. The Kier molecular flexibility index (Phi) is 5.16. The van der Waals surface area contributed by atoms with Gasteiger partial charge in [-0.1, -0.05) is 13.3 Å². The number of benzene rings is 1. The van der Waals surface area contributed by atoms with Crippen LogP contribution in [0.2, 0.25) is 0 Å². The van der Waals surface area contributed by atoms with Crippen molar-refractivity contribution in [3.63, 3.8) is 0 Å². The Bertz CT molecular complexity index is 937. The maximum atomic E-state index is 12.8. The molecule has 0 atom stereocenters. The van der Waals surface area contributed by atoms with E-state index in [0.717, 1.165) is 47.8 Å². The average Bonchev–Trinajstić information content (AvgIpc) is 2.61. The smallest absolute Gasteiger partial charge is 0.339 e. The van der Waals surface area contributed by atoms with E-state index >= 15 is 0 Å². The van der Waals surface area contributed by atoms with E-state index < -0.39 is 0 Å². The van der Waals surface area contributed by atoms with Crippen LogP contribution in [0.5, 0.6) is 5.75 Å². The largest absolute Gasteiger partial charge is 0.507 e. The van der Waals surface area contributed by atoms with E-state index in [4.69, 9.17) is 4.42 Å². The summed E-state index contributed by atoms with van der Waals surface area (Å²) in [6.07, 6.45) is 8.02. The monoisotopic (exact) mass is 355 g/mol. The molecule has 0 fully saturated rings. The first-order valence-corrected chi connectivity index (χ1v) is 9.16. The van der Waals surface area contributed by atoms with Gasteiger partial charge < -0.3 is 14.4 Å². The van der Waals surface area contributed by atoms with E-state index in [1.165, 1.54) is 6.08 Å². The highest BCUT2D eigenvalue weighted by molar-refractivity contribution is 6.14. The van der Waals surface area contributed by atoms with Crippen molar-refractivity contribution < 1.29 is 14.3 Å². The zero-order valence-electron chi connectivity index (χ0n) is 15.6. The lowest BCUT2D eigenvalue weighted by atomic mass is 9.88. The highest BCUT2D eigenvalue weighted by atomic mass is 16.4. The van der Waals surface area contributed by atoms with Crippen LogP contribution >= 0.6 is 0 Å². The summed E-state index contributed by atoms with van der Waals surface area (Å²) in [5.74, 6) is -0.440. The molecule has 0 saturated heterocycles. The van der Waals surface area contributed by atoms with E-state index in [-0.39, 0.29) is 28.3 Å². The van der Waals surface area contributed by atoms with E-state index in [1.807, 2.05) is 27.1 Å². The third-order valence-electron chi connectivity index (χ3n) is 4.86. The summed E-state index contributed by atoms with van der Waals surface area (Å²) < 4.78 is 5.55. The molecule has 0 spiro atoms. The van der Waals surface area contributed by atoms with Gasteiger partial charge in [0.1, 0.15) is 11.3 Å². The van der Waals surface area contributed by atoms with Crippen LogP contribution in [0.4, 0.5) is 0 Å². The Labute approximate surface area is 152 Å². The second kappa shape index (κ2) is 7.36. The number of hydrogen-bond donors (Lipinski definition) is 1. The molecule has 5 heteroatoms. The number of hydrogen-bond acceptors (Lipinski definition) is 5. The number of carbonyl (C=O) groups excluding carboxylic acids is 1. The van der Waals surface area contributed by atoms with Crippen molar-refractivity contribution in [1.82, 2.24) is 4.90 Å². The lowest BCUT2D eigenvalue weighted by Crippen LogP contribution is -2.17. The molecule has 3 rings (SSSR count). The SMILES string of the molecule is CCCc1cc2c3c(c(=O)oc2c(C(=O)/C=C/N(C)C)c1O)CCCC3. The number of aromatic hydroxyl groups is 1. The number of ketones is 1. The third-order valence-corrected chi connectivity index (χ3v) is 4.86. The lowest BCUT2D eigenvalue weighted by molar-refractivity contribution is 0.104. The molecule has 138 valence electrons. The van der Waals surface area contributed by atoms with Crippen LogP contribution in [-0.2, 0) is 19.3 Å². The van der Waals surface area contributed by atoms with Crippen molar-refractivity contribution in [1.29, 1.82) is 0 Å². The van der Waals surface area contributed by atoms with Gasteiger partial charge in [0, 0.05) is 37.3 Å². The Balaban J connectivity index is 2.33. The number of phenolic OH excluding ortho intramolecular Hbond substituents is 1. The predicted octanol–water partition coefficient (Wildman–Crippen LogP) is 3.59. The standard InChI is InChI=1S/C21H25NO4/c1-4-7-13-12-16-14-8-5-6-9-15(14)21(25)26-20(16)18(19(13)24)17(23)10-11-22(2)3/h10-12,24H,4-9H2,1-3H3/b11-10+. The molecule has 2 aromatic rings. The van der Waals surface area contributed by atoms with Crippen molar-refractivity contribution in [3.8, 4) is 5.75 Å². The van der Waals surface area contributed by atoms with Crippen molar-refractivity contribution in [2.75, 3.05) is 14.1 Å². The lowest BCUT2D eigenvalue weighted by Gasteiger charge is -2.18. The van der Waals surface area contributed by atoms with Gasteiger partial charge in [0.25, 0.3) is 0 Å². The third kappa shape index (κ3) is 3.26. The molecular formula is C21H25NO4. The summed E-state index contributed by atoms with van der Waals surface area (Å²) >= 11 is 0. The van der Waals surface area contributed by atoms with Crippen LogP contribution in [-0.4, -0.2) is 29.9 Å². The van der Waals surface area contributed by atoms with Crippen LogP contribution < -0.4 is 5.63 Å². The molecule has 1 heterocycles. The second-order valence-corrected chi connectivity index (χ2v) is 7.08. The molecule has 1 aromatic carbocycles. The number of rotatable bonds is 5. The molecular weight excluding hydrogens is 330 g/mol. The Morgan fingerprint density at radius 1 is 1.27 bits per heavy atom. The van der Waals surface area contributed by atoms with Crippen molar-refractivity contribution in [2.45, 2.75) is 45.4 Å². The first-order chi connectivity index (χ1) is 12.4. The fourth-order valence-electron chi connectivity index (χ4n) is 3.61. The molecule has 5 nitrogen and oxygen atoms in total. The first-order valence-electron chi connectivity index (χ1n) is 9.16. The summed E-state index contributed by atoms with van der Waals surface area (Å²) in [5.41, 5.74) is 2.34. The Morgan fingerprint density at radius 2 is 1.96 bits per heavy atom. The van der Waals surface area contributed by atoms with Crippen LogP contribution in [0.1, 0.15) is 53.2 Å². The topological polar surface area (TPSA) is 70.8 Å². The summed E-state index contributed by atoms with van der Waals surface area (Å²) in [4.78, 5) is 27.0. The number of aryl methyl sites for hydroxylation is 2. The van der Waals surface area contributed by atoms with Crippen molar-refractivity contribution in [3.05, 3.63) is 51.0 Å². The molecule has 0 unspecified atom stereocenters. The number of nitrogens with zero attached hydrogens (tertiary/aromatic N) is 1. The minimum Gasteiger partial charge on any atom is -0.507 e. The molecule has 0 radical (unpaired) electrons. The van der Waals surface area contributed by atoms with Gasteiger partial charge in [-0.2, -0.15) is 0 Å². The van der Waals surface area contributed by atoms with Gasteiger partial charge in [-0.05, 0) is 49.3 Å². The van der Waals surface area contributed by atoms with E-state index in [2.05, 4.69) is 0 Å². The van der Waals surface area contributed by atoms with E-state index in [1.54, 1.807) is 11.1 Å². The zero-order valence-corrected chi connectivity index (χ0v) is 15.6. The summed E-state index contributed by atoms with van der Waals surface area (Å²) in [6.45, 7) is 2.03. The highest BCUT2D eigenvalue weighted by Gasteiger charge is 2.25. The molecule has 26 heavy (non-hydrogen) atoms. The Morgan fingerprint density at radius 3 is 2.62 bits per heavy atom. The van der Waals surface area contributed by atoms with Crippen LogP contribution in [0, 0.1) is 0 Å². The van der Waals surface area contributed by atoms with Crippen molar-refractivity contribution in [2.24, 2.45) is 0 Å². The normalized spacial score (nSPS) is 14.0. The van der Waals surface area contributed by atoms with Crippen LogP contribution in [0.15, 0.2) is 27.6 Å². The maximum absolute atomic E-state index is 12.8. The molecule has 0 bridgehead atoms. The van der Waals surface area contributed by atoms with E-state index in [9.17, 15) is 14.7 Å². The van der Waals surface area contributed by atoms with Gasteiger partial charge in [-0.15, -0.1) is 0 Å². The average molecular weight is 355 g/mol. The number of fused-ring (bicyclic) bond motifs is 3. The molecule has 1 N–H and O–H groups in total. The number of carbonyl (C=O) groups is 1. The molecule has 1 aliphatic rings. The summed E-state index contributed by atoms with van der Waals surface area (Å²) in [5, 5.41) is 11.5. The highest BCUT2D eigenvalue weighted by Crippen LogP contribution is 2.36. The molecule has 0 aliphatic heterocycles. The van der Waals surface area contributed by atoms with Crippen molar-refractivity contribution >= 4 is 16.8 Å². The fraction of sp³-hybridized carbons (Fsp3) is 0.429. The van der Waals surface area contributed by atoms with E-state index in [0.29, 0.717) is 12.8 Å². The minimum absolute atomic E-state index is 0.0772. The summed E-state index contributed by atoms with van der Waals surface area (Å²) in [7, 11) is 3.62. The first kappa shape index (κ1) is 18.2. The fourth-order valence-corrected chi connectivity index (χ4v) is 3.61. The number of phenols is 1.